The molecule has 2 nitrogen and oxygen atoms in total. The van der Waals surface area contributed by atoms with Gasteiger partial charge in [0.2, 0.25) is 0 Å². The molecule has 2 rings (SSSR count). The van der Waals surface area contributed by atoms with E-state index in [0.29, 0.717) is 0 Å². The van der Waals surface area contributed by atoms with Crippen LogP contribution in [-0.4, -0.2) is 26.2 Å². The molecule has 0 aromatic heterocycles. The number of hydrogen-bond acceptors (Lipinski definition) is 2. The molecule has 88 valence electrons. The fourth-order valence-corrected chi connectivity index (χ4v) is 2.10. The maximum Gasteiger partial charge on any atom is 0.0367 e. The number of benzene rings is 1. The second kappa shape index (κ2) is 4.46. The average Bonchev–Trinajstić information content (AvgIpc) is 2.29. The molecular weight excluding hydrogens is 196 g/mol. The highest BCUT2D eigenvalue weighted by atomic mass is 15.2. The van der Waals surface area contributed by atoms with Gasteiger partial charge in [0.05, 0.1) is 0 Å². The number of anilines is 1. The van der Waals surface area contributed by atoms with Crippen LogP contribution >= 0.6 is 0 Å². The second-order valence-electron chi connectivity index (χ2n) is 5.53. The summed E-state index contributed by atoms with van der Waals surface area (Å²) >= 11 is 0. The smallest absolute Gasteiger partial charge is 0.0367 e. The van der Waals surface area contributed by atoms with E-state index in [1.807, 2.05) is 0 Å². The van der Waals surface area contributed by atoms with E-state index >= 15 is 0 Å². The molecule has 1 aromatic rings. The Hall–Kier alpha value is -1.02. The van der Waals surface area contributed by atoms with Gasteiger partial charge in [-0.15, -0.1) is 0 Å². The summed E-state index contributed by atoms with van der Waals surface area (Å²) in [6, 6.07) is 9.03. The molecule has 1 N–H and O–H groups in total. The molecule has 1 aliphatic heterocycles. The SMILES string of the molecule is CC(C)(C)c1ccc(N2CCNCC2)cc1. The third kappa shape index (κ3) is 2.56. The van der Waals surface area contributed by atoms with Crippen molar-refractivity contribution in [3.8, 4) is 0 Å². The van der Waals surface area contributed by atoms with Crippen LogP contribution in [0.25, 0.3) is 0 Å². The molecule has 0 saturated carbocycles. The van der Waals surface area contributed by atoms with E-state index < -0.39 is 0 Å². The van der Waals surface area contributed by atoms with Crippen LogP contribution in [0, 0.1) is 0 Å². The van der Waals surface area contributed by atoms with Gasteiger partial charge in [-0.1, -0.05) is 32.9 Å². The average molecular weight is 218 g/mol. The highest BCUT2D eigenvalue weighted by Gasteiger charge is 2.14. The van der Waals surface area contributed by atoms with Crippen LogP contribution in [0.1, 0.15) is 26.3 Å². The molecule has 0 unspecified atom stereocenters. The van der Waals surface area contributed by atoms with Crippen molar-refractivity contribution in [3.05, 3.63) is 29.8 Å². The van der Waals surface area contributed by atoms with E-state index in [-0.39, 0.29) is 5.41 Å². The highest BCUT2D eigenvalue weighted by Crippen LogP contribution is 2.24. The molecular formula is C14H22N2. The summed E-state index contributed by atoms with van der Waals surface area (Å²) in [5.41, 5.74) is 3.02. The van der Waals surface area contributed by atoms with Crippen molar-refractivity contribution in [2.75, 3.05) is 31.1 Å². The minimum absolute atomic E-state index is 0.252. The Morgan fingerprint density at radius 2 is 1.56 bits per heavy atom. The van der Waals surface area contributed by atoms with Crippen LogP contribution in [0.4, 0.5) is 5.69 Å². The van der Waals surface area contributed by atoms with Crippen molar-refractivity contribution < 1.29 is 0 Å². The second-order valence-corrected chi connectivity index (χ2v) is 5.53. The van der Waals surface area contributed by atoms with Crippen LogP contribution in [0.15, 0.2) is 24.3 Å². The predicted octanol–water partition coefficient (Wildman–Crippen LogP) is 2.39. The molecule has 0 spiro atoms. The van der Waals surface area contributed by atoms with Gasteiger partial charge in [-0.05, 0) is 23.1 Å². The van der Waals surface area contributed by atoms with Gasteiger partial charge in [0, 0.05) is 31.9 Å². The lowest BCUT2D eigenvalue weighted by Gasteiger charge is -2.30. The molecule has 1 aliphatic rings. The fourth-order valence-electron chi connectivity index (χ4n) is 2.10. The third-order valence-electron chi connectivity index (χ3n) is 3.22. The summed E-state index contributed by atoms with van der Waals surface area (Å²) in [6.45, 7) is 11.2. The first-order chi connectivity index (χ1) is 7.57. The lowest BCUT2D eigenvalue weighted by atomic mass is 9.87. The van der Waals surface area contributed by atoms with Gasteiger partial charge in [-0.2, -0.15) is 0 Å². The summed E-state index contributed by atoms with van der Waals surface area (Å²) in [4.78, 5) is 2.45. The summed E-state index contributed by atoms with van der Waals surface area (Å²) in [7, 11) is 0. The van der Waals surface area contributed by atoms with Crippen LogP contribution in [-0.2, 0) is 5.41 Å². The fraction of sp³-hybridized carbons (Fsp3) is 0.571. The standard InChI is InChI=1S/C14H22N2/c1-14(2,3)12-4-6-13(7-5-12)16-10-8-15-9-11-16/h4-7,15H,8-11H2,1-3H3. The largest absolute Gasteiger partial charge is 0.369 e. The maximum atomic E-state index is 3.38. The zero-order valence-electron chi connectivity index (χ0n) is 10.6. The summed E-state index contributed by atoms with van der Waals surface area (Å²) in [5, 5.41) is 3.38. The van der Waals surface area contributed by atoms with Crippen LogP contribution in [0.3, 0.4) is 0 Å². The Morgan fingerprint density at radius 1 is 1.00 bits per heavy atom. The predicted molar refractivity (Wildman–Crippen MR) is 70.2 cm³/mol. The molecule has 16 heavy (non-hydrogen) atoms. The molecule has 1 fully saturated rings. The topological polar surface area (TPSA) is 15.3 Å². The van der Waals surface area contributed by atoms with Gasteiger partial charge in [0.25, 0.3) is 0 Å². The Morgan fingerprint density at radius 3 is 2.06 bits per heavy atom. The first-order valence-corrected chi connectivity index (χ1v) is 6.13. The van der Waals surface area contributed by atoms with Gasteiger partial charge >= 0.3 is 0 Å². The zero-order chi connectivity index (χ0) is 11.6. The van der Waals surface area contributed by atoms with E-state index in [2.05, 4.69) is 55.3 Å². The third-order valence-corrected chi connectivity index (χ3v) is 3.22. The van der Waals surface area contributed by atoms with Crippen molar-refractivity contribution in [1.82, 2.24) is 5.32 Å². The van der Waals surface area contributed by atoms with Gasteiger partial charge in [0.15, 0.2) is 0 Å². The monoisotopic (exact) mass is 218 g/mol. The number of nitrogens with zero attached hydrogens (tertiary/aromatic N) is 1. The van der Waals surface area contributed by atoms with E-state index in [1.165, 1.54) is 11.3 Å². The van der Waals surface area contributed by atoms with E-state index in [9.17, 15) is 0 Å². The minimum Gasteiger partial charge on any atom is -0.369 e. The molecule has 0 radical (unpaired) electrons. The Balaban J connectivity index is 2.12. The van der Waals surface area contributed by atoms with Crippen molar-refractivity contribution >= 4 is 5.69 Å². The minimum atomic E-state index is 0.252. The molecule has 1 saturated heterocycles. The highest BCUT2D eigenvalue weighted by molar-refractivity contribution is 5.48. The lowest BCUT2D eigenvalue weighted by Crippen LogP contribution is -2.43. The van der Waals surface area contributed by atoms with E-state index in [1.54, 1.807) is 0 Å². The van der Waals surface area contributed by atoms with Gasteiger partial charge in [0.1, 0.15) is 0 Å². The number of piperazine rings is 1. The molecule has 0 atom stereocenters. The van der Waals surface area contributed by atoms with Gasteiger partial charge in [-0.25, -0.2) is 0 Å². The number of rotatable bonds is 1. The van der Waals surface area contributed by atoms with Gasteiger partial charge in [-0.3, -0.25) is 0 Å². The van der Waals surface area contributed by atoms with Crippen molar-refractivity contribution in [1.29, 1.82) is 0 Å². The first kappa shape index (κ1) is 11.5. The zero-order valence-corrected chi connectivity index (χ0v) is 10.6. The molecule has 2 heteroatoms. The molecule has 0 aliphatic carbocycles. The van der Waals surface area contributed by atoms with Crippen molar-refractivity contribution in [2.24, 2.45) is 0 Å². The quantitative estimate of drug-likeness (QED) is 0.778. The van der Waals surface area contributed by atoms with Crippen LogP contribution < -0.4 is 10.2 Å². The van der Waals surface area contributed by atoms with Crippen LogP contribution in [0.5, 0.6) is 0 Å². The normalized spacial score (nSPS) is 17.6. The molecule has 0 bridgehead atoms. The van der Waals surface area contributed by atoms with Crippen LogP contribution in [0.2, 0.25) is 0 Å². The Kier molecular flexibility index (Phi) is 3.20. The Labute approximate surface area is 98.7 Å². The summed E-state index contributed by atoms with van der Waals surface area (Å²) in [6.07, 6.45) is 0. The van der Waals surface area contributed by atoms with E-state index in [0.717, 1.165) is 26.2 Å². The van der Waals surface area contributed by atoms with E-state index in [4.69, 9.17) is 0 Å². The molecule has 1 aromatic carbocycles. The maximum absolute atomic E-state index is 3.38. The lowest BCUT2D eigenvalue weighted by molar-refractivity contribution is 0.584. The van der Waals surface area contributed by atoms with Crippen molar-refractivity contribution in [2.45, 2.75) is 26.2 Å². The number of nitrogens with one attached hydrogen (secondary N) is 1. The molecule has 1 heterocycles. The molecule has 0 amide bonds. The van der Waals surface area contributed by atoms with Gasteiger partial charge < -0.3 is 10.2 Å². The summed E-state index contributed by atoms with van der Waals surface area (Å²) in [5.74, 6) is 0. The van der Waals surface area contributed by atoms with Crippen molar-refractivity contribution in [3.63, 3.8) is 0 Å². The first-order valence-electron chi connectivity index (χ1n) is 6.13. The summed E-state index contributed by atoms with van der Waals surface area (Å²) < 4.78 is 0. The number of hydrogen-bond donors (Lipinski definition) is 1. The Bertz CT molecular complexity index is 329.